The summed E-state index contributed by atoms with van der Waals surface area (Å²) in [4.78, 5) is 2.76. The molecule has 0 amide bonds. The quantitative estimate of drug-likeness (QED) is 0.590. The van der Waals surface area contributed by atoms with Gasteiger partial charge in [0.15, 0.2) is 0 Å². The van der Waals surface area contributed by atoms with Crippen LogP contribution in [0.25, 0.3) is 0 Å². The van der Waals surface area contributed by atoms with Crippen LogP contribution in [0.3, 0.4) is 0 Å². The van der Waals surface area contributed by atoms with Gasteiger partial charge in [-0.1, -0.05) is 20.8 Å². The van der Waals surface area contributed by atoms with Gasteiger partial charge in [-0.2, -0.15) is 0 Å². The smallest absolute Gasteiger partial charge is 0.0137 e. The Hall–Kier alpha value is -0.0400. The summed E-state index contributed by atoms with van der Waals surface area (Å²) >= 11 is 0. The second kappa shape index (κ2) is 3.23. The largest absolute Gasteiger partial charge is 0.295 e. The minimum atomic E-state index is 0.364. The summed E-state index contributed by atoms with van der Waals surface area (Å²) in [5.41, 5.74) is 0.856. The lowest BCUT2D eigenvalue weighted by Crippen LogP contribution is -2.47. The van der Waals surface area contributed by atoms with Crippen molar-refractivity contribution in [2.24, 2.45) is 17.3 Å². The van der Waals surface area contributed by atoms with Crippen molar-refractivity contribution in [3.05, 3.63) is 0 Å². The van der Waals surface area contributed by atoms with Crippen LogP contribution in [0.1, 0.15) is 54.4 Å². The summed E-state index contributed by atoms with van der Waals surface area (Å²) in [5, 5.41) is 0. The van der Waals surface area contributed by atoms with Gasteiger partial charge < -0.3 is 0 Å². The second-order valence-corrected chi connectivity index (χ2v) is 7.62. The molecule has 0 aromatic heterocycles. The van der Waals surface area contributed by atoms with Crippen molar-refractivity contribution in [1.29, 1.82) is 0 Å². The van der Waals surface area contributed by atoms with Crippen LogP contribution in [0.15, 0.2) is 0 Å². The highest BCUT2D eigenvalue weighted by molar-refractivity contribution is 5.06. The first kappa shape index (κ1) is 11.4. The van der Waals surface area contributed by atoms with E-state index >= 15 is 0 Å². The van der Waals surface area contributed by atoms with E-state index in [1.54, 1.807) is 0 Å². The van der Waals surface area contributed by atoms with E-state index in [-0.39, 0.29) is 0 Å². The molecule has 2 fully saturated rings. The number of piperidine rings is 1. The number of fused-ring (bicyclic) bond motifs is 2. The molecule has 2 bridgehead atoms. The zero-order valence-corrected chi connectivity index (χ0v) is 11.3. The topological polar surface area (TPSA) is 3.24 Å². The average molecular weight is 209 g/mol. The van der Waals surface area contributed by atoms with Crippen LogP contribution in [0, 0.1) is 17.3 Å². The van der Waals surface area contributed by atoms with Gasteiger partial charge in [0.05, 0.1) is 0 Å². The number of hydrogen-bond donors (Lipinski definition) is 0. The Balaban J connectivity index is 2.20. The lowest BCUT2D eigenvalue weighted by Gasteiger charge is -2.40. The van der Waals surface area contributed by atoms with Crippen molar-refractivity contribution in [3.8, 4) is 0 Å². The fraction of sp³-hybridized carbons (Fsp3) is 1.00. The van der Waals surface area contributed by atoms with E-state index in [9.17, 15) is 0 Å². The number of hydrogen-bond acceptors (Lipinski definition) is 1. The Labute approximate surface area is 95.2 Å². The van der Waals surface area contributed by atoms with Crippen LogP contribution < -0.4 is 0 Å². The molecule has 1 saturated heterocycles. The monoisotopic (exact) mass is 209 g/mol. The summed E-state index contributed by atoms with van der Waals surface area (Å²) in [5.74, 6) is 1.89. The van der Waals surface area contributed by atoms with Crippen molar-refractivity contribution < 1.29 is 0 Å². The van der Waals surface area contributed by atoms with E-state index in [2.05, 4.69) is 46.4 Å². The molecule has 1 heteroatoms. The van der Waals surface area contributed by atoms with E-state index < -0.39 is 0 Å². The molecule has 0 aromatic rings. The third-order valence-corrected chi connectivity index (χ3v) is 4.45. The molecule has 1 heterocycles. The molecule has 88 valence electrons. The molecule has 1 nitrogen and oxygen atoms in total. The van der Waals surface area contributed by atoms with Gasteiger partial charge in [0.2, 0.25) is 0 Å². The fourth-order valence-corrected chi connectivity index (χ4v) is 4.06. The standard InChI is InChI=1S/C14H27N/c1-13(2,3)12-10-7-8-11(12)15(9-10)14(4,5)6/h10-12H,7-9H2,1-6H3. The van der Waals surface area contributed by atoms with Gasteiger partial charge in [-0.3, -0.25) is 4.90 Å². The zero-order chi connectivity index (χ0) is 11.4. The van der Waals surface area contributed by atoms with Gasteiger partial charge in [0.1, 0.15) is 0 Å². The molecule has 2 aliphatic rings. The van der Waals surface area contributed by atoms with Gasteiger partial charge in [-0.15, -0.1) is 0 Å². The Kier molecular flexibility index (Phi) is 2.46. The molecule has 15 heavy (non-hydrogen) atoms. The molecule has 1 aliphatic carbocycles. The van der Waals surface area contributed by atoms with Crippen LogP contribution in [0.5, 0.6) is 0 Å². The van der Waals surface area contributed by atoms with Crippen LogP contribution in [-0.4, -0.2) is 23.0 Å². The second-order valence-electron chi connectivity index (χ2n) is 7.62. The fourth-order valence-electron chi connectivity index (χ4n) is 4.06. The molecule has 1 aliphatic heterocycles. The van der Waals surface area contributed by atoms with Crippen molar-refractivity contribution >= 4 is 0 Å². The molecule has 0 spiro atoms. The summed E-state index contributed by atoms with van der Waals surface area (Å²) in [6.07, 6.45) is 2.91. The molecule has 1 saturated carbocycles. The van der Waals surface area contributed by atoms with Crippen LogP contribution in [-0.2, 0) is 0 Å². The first-order valence-electron chi connectivity index (χ1n) is 6.48. The molecule has 0 radical (unpaired) electrons. The predicted octanol–water partition coefficient (Wildman–Crippen LogP) is 3.54. The first-order chi connectivity index (χ1) is 6.71. The Morgan fingerprint density at radius 1 is 0.933 bits per heavy atom. The SMILES string of the molecule is CC(C)(C)C1C2CCC1N(C(C)(C)C)C2. The molecule has 0 N–H and O–H groups in total. The predicted molar refractivity (Wildman–Crippen MR) is 65.9 cm³/mol. The Morgan fingerprint density at radius 3 is 1.87 bits per heavy atom. The van der Waals surface area contributed by atoms with E-state index in [1.807, 2.05) is 0 Å². The zero-order valence-electron chi connectivity index (χ0n) is 11.3. The maximum absolute atomic E-state index is 2.76. The highest BCUT2D eigenvalue weighted by atomic mass is 15.3. The third-order valence-electron chi connectivity index (χ3n) is 4.45. The highest BCUT2D eigenvalue weighted by Gasteiger charge is 2.53. The van der Waals surface area contributed by atoms with Crippen LogP contribution in [0.2, 0.25) is 0 Å². The van der Waals surface area contributed by atoms with Gasteiger partial charge in [0, 0.05) is 18.1 Å². The first-order valence-corrected chi connectivity index (χ1v) is 6.48. The summed E-state index contributed by atoms with van der Waals surface area (Å²) in [6, 6.07) is 0.856. The van der Waals surface area contributed by atoms with E-state index in [0.717, 1.165) is 17.9 Å². The van der Waals surface area contributed by atoms with Crippen molar-refractivity contribution in [1.82, 2.24) is 4.90 Å². The number of likely N-dealkylation sites (tertiary alicyclic amines) is 1. The summed E-state index contributed by atoms with van der Waals surface area (Å²) in [6.45, 7) is 15.7. The molecular weight excluding hydrogens is 182 g/mol. The normalized spacial score (nSPS) is 37.6. The van der Waals surface area contributed by atoms with Crippen molar-refractivity contribution in [3.63, 3.8) is 0 Å². The summed E-state index contributed by atoms with van der Waals surface area (Å²) < 4.78 is 0. The molecule has 2 rings (SSSR count). The maximum atomic E-state index is 2.76. The van der Waals surface area contributed by atoms with Crippen molar-refractivity contribution in [2.75, 3.05) is 6.54 Å². The van der Waals surface area contributed by atoms with Gasteiger partial charge >= 0.3 is 0 Å². The number of nitrogens with zero attached hydrogens (tertiary/aromatic N) is 1. The third kappa shape index (κ3) is 1.84. The lowest BCUT2D eigenvalue weighted by molar-refractivity contribution is 0.0787. The van der Waals surface area contributed by atoms with Crippen LogP contribution >= 0.6 is 0 Å². The van der Waals surface area contributed by atoms with Crippen LogP contribution in [0.4, 0.5) is 0 Å². The Bertz CT molecular complexity index is 243. The minimum Gasteiger partial charge on any atom is -0.295 e. The lowest BCUT2D eigenvalue weighted by atomic mass is 9.75. The summed E-state index contributed by atoms with van der Waals surface area (Å²) in [7, 11) is 0. The molecule has 0 aromatic carbocycles. The highest BCUT2D eigenvalue weighted by Crippen LogP contribution is 2.52. The van der Waals surface area contributed by atoms with E-state index in [0.29, 0.717) is 11.0 Å². The van der Waals surface area contributed by atoms with Crippen molar-refractivity contribution in [2.45, 2.75) is 66.0 Å². The van der Waals surface area contributed by atoms with E-state index in [4.69, 9.17) is 0 Å². The van der Waals surface area contributed by atoms with Gasteiger partial charge in [0.25, 0.3) is 0 Å². The Morgan fingerprint density at radius 2 is 1.53 bits per heavy atom. The van der Waals surface area contributed by atoms with E-state index in [1.165, 1.54) is 19.4 Å². The molecular formula is C14H27N. The maximum Gasteiger partial charge on any atom is 0.0137 e. The van der Waals surface area contributed by atoms with Gasteiger partial charge in [-0.05, 0) is 50.9 Å². The number of rotatable bonds is 0. The minimum absolute atomic E-state index is 0.364. The molecule has 3 unspecified atom stereocenters. The molecule has 3 atom stereocenters. The average Bonchev–Trinajstić information content (AvgIpc) is 2.55. The van der Waals surface area contributed by atoms with Gasteiger partial charge in [-0.25, -0.2) is 0 Å².